The fourth-order valence-electron chi connectivity index (χ4n) is 5.96. The van der Waals surface area contributed by atoms with Crippen molar-refractivity contribution >= 4 is 27.3 Å². The highest BCUT2D eigenvalue weighted by Crippen LogP contribution is 2.54. The summed E-state index contributed by atoms with van der Waals surface area (Å²) in [5.41, 5.74) is 5.79. The van der Waals surface area contributed by atoms with E-state index in [2.05, 4.69) is 67.4 Å². The Morgan fingerprint density at radius 3 is 2.41 bits per heavy atom. The first-order valence-electron chi connectivity index (χ1n) is 12.6. The van der Waals surface area contributed by atoms with Crippen LogP contribution in [0.15, 0.2) is 85.1 Å². The fourth-order valence-corrected chi connectivity index (χ4v) is 5.96. The molecule has 0 atom stereocenters. The number of nitrogens with zero attached hydrogens (tertiary/aromatic N) is 3. The molecule has 1 aliphatic heterocycles. The van der Waals surface area contributed by atoms with Crippen molar-refractivity contribution in [1.29, 1.82) is 0 Å². The molecule has 7 rings (SSSR count). The first kappa shape index (κ1) is 21.9. The largest absolute Gasteiger partial charge is 0.507 e. The first-order chi connectivity index (χ1) is 17.8. The molecule has 0 saturated heterocycles. The quantitative estimate of drug-likeness (QED) is 0.260. The summed E-state index contributed by atoms with van der Waals surface area (Å²) in [6.07, 6.45) is 1.72. The molecule has 5 heteroatoms. The highest BCUT2D eigenvalue weighted by Gasteiger charge is 2.48. The molecule has 182 valence electrons. The van der Waals surface area contributed by atoms with E-state index in [1.807, 2.05) is 42.5 Å². The van der Waals surface area contributed by atoms with Crippen LogP contribution in [0.3, 0.4) is 0 Å². The van der Waals surface area contributed by atoms with E-state index in [1.165, 1.54) is 5.56 Å². The van der Waals surface area contributed by atoms with E-state index in [4.69, 9.17) is 9.72 Å². The minimum absolute atomic E-state index is 0.170. The standard InChI is InChI=1S/C32H27N3O2/c1-31(2)23-14-8-13-22-21-12-9-15-24(36)26(21)30-34-27(29(32(31,3)4)35(30)28(22)23)19-10-7-11-20(18-19)37-25-16-5-6-17-33-25/h5-18,36H,1-4H3. The molecule has 37 heavy (non-hydrogen) atoms. The zero-order valence-electron chi connectivity index (χ0n) is 21.3. The van der Waals surface area contributed by atoms with Crippen LogP contribution < -0.4 is 4.74 Å². The molecule has 0 saturated carbocycles. The Balaban J connectivity index is 1.60. The van der Waals surface area contributed by atoms with Crippen molar-refractivity contribution in [3.8, 4) is 28.6 Å². The Morgan fingerprint density at radius 1 is 0.811 bits per heavy atom. The molecule has 1 aliphatic rings. The zero-order valence-corrected chi connectivity index (χ0v) is 21.3. The summed E-state index contributed by atoms with van der Waals surface area (Å²) in [5, 5.41) is 14.0. The van der Waals surface area contributed by atoms with Gasteiger partial charge in [0.2, 0.25) is 5.88 Å². The number of pyridine rings is 2. The van der Waals surface area contributed by atoms with Gasteiger partial charge >= 0.3 is 0 Å². The van der Waals surface area contributed by atoms with E-state index in [0.717, 1.165) is 44.3 Å². The Kier molecular flexibility index (Phi) is 4.33. The van der Waals surface area contributed by atoms with Gasteiger partial charge in [0.25, 0.3) is 0 Å². The number of aromatic nitrogens is 3. The molecule has 0 amide bonds. The van der Waals surface area contributed by atoms with Crippen LogP contribution in [0.5, 0.6) is 17.4 Å². The Labute approximate surface area is 215 Å². The van der Waals surface area contributed by atoms with Crippen molar-refractivity contribution in [3.05, 3.63) is 96.3 Å². The van der Waals surface area contributed by atoms with Gasteiger partial charge in [-0.3, -0.25) is 4.40 Å². The topological polar surface area (TPSA) is 59.7 Å². The lowest BCUT2D eigenvalue weighted by molar-refractivity contribution is 0.289. The van der Waals surface area contributed by atoms with Gasteiger partial charge in [-0.05, 0) is 35.2 Å². The smallest absolute Gasteiger partial charge is 0.219 e. The number of hydrogen-bond donors (Lipinski definition) is 1. The van der Waals surface area contributed by atoms with E-state index in [1.54, 1.807) is 12.3 Å². The van der Waals surface area contributed by atoms with Crippen LogP contribution in [-0.2, 0) is 10.8 Å². The maximum absolute atomic E-state index is 11.0. The van der Waals surface area contributed by atoms with Crippen LogP contribution in [0.25, 0.3) is 38.6 Å². The molecule has 3 aromatic heterocycles. The van der Waals surface area contributed by atoms with Crippen molar-refractivity contribution in [2.75, 3.05) is 0 Å². The van der Waals surface area contributed by atoms with E-state index < -0.39 is 0 Å². The van der Waals surface area contributed by atoms with Gasteiger partial charge in [0.15, 0.2) is 0 Å². The van der Waals surface area contributed by atoms with Crippen LogP contribution in [-0.4, -0.2) is 19.5 Å². The van der Waals surface area contributed by atoms with Gasteiger partial charge in [-0.1, -0.05) is 76.2 Å². The number of fused-ring (bicyclic) bond motifs is 3. The monoisotopic (exact) mass is 485 g/mol. The van der Waals surface area contributed by atoms with Gasteiger partial charge in [-0.15, -0.1) is 0 Å². The normalized spacial score (nSPS) is 15.6. The maximum atomic E-state index is 11.0. The average Bonchev–Trinajstić information content (AvgIpc) is 3.30. The SMILES string of the molecule is CC1(C)c2cccc3c4cccc(O)c4c4nc(-c5cccc(Oc6ccccn6)c5)c(n4c23)C1(C)C. The average molecular weight is 486 g/mol. The second-order valence-electron chi connectivity index (χ2n) is 10.9. The third-order valence-electron chi connectivity index (χ3n) is 8.49. The van der Waals surface area contributed by atoms with Crippen LogP contribution >= 0.6 is 0 Å². The van der Waals surface area contributed by atoms with Crippen molar-refractivity contribution in [2.24, 2.45) is 0 Å². The lowest BCUT2D eigenvalue weighted by Gasteiger charge is -2.46. The van der Waals surface area contributed by atoms with Gasteiger partial charge in [0.05, 0.1) is 22.3 Å². The lowest BCUT2D eigenvalue weighted by Crippen LogP contribution is -2.44. The third kappa shape index (κ3) is 2.85. The molecule has 0 aliphatic carbocycles. The molecule has 6 aromatic rings. The third-order valence-corrected chi connectivity index (χ3v) is 8.49. The Hall–Kier alpha value is -4.38. The molecule has 0 spiro atoms. The van der Waals surface area contributed by atoms with E-state index in [-0.39, 0.29) is 16.6 Å². The summed E-state index contributed by atoms with van der Waals surface area (Å²) in [7, 11) is 0. The highest BCUT2D eigenvalue weighted by molar-refractivity contribution is 6.15. The van der Waals surface area contributed by atoms with Crippen LogP contribution in [0.1, 0.15) is 39.0 Å². The van der Waals surface area contributed by atoms with E-state index in [9.17, 15) is 5.11 Å². The minimum atomic E-state index is -0.265. The zero-order chi connectivity index (χ0) is 25.5. The number of hydrogen-bond acceptors (Lipinski definition) is 4. The van der Waals surface area contributed by atoms with Gasteiger partial charge < -0.3 is 9.84 Å². The number of benzene rings is 3. The number of imidazole rings is 1. The predicted molar refractivity (Wildman–Crippen MR) is 148 cm³/mol. The Bertz CT molecular complexity index is 1870. The van der Waals surface area contributed by atoms with E-state index in [0.29, 0.717) is 11.6 Å². The number of phenolic OH excluding ortho intramolecular Hbond substituents is 1. The molecular weight excluding hydrogens is 458 g/mol. The van der Waals surface area contributed by atoms with Gasteiger partial charge in [-0.25, -0.2) is 9.97 Å². The van der Waals surface area contributed by atoms with Crippen LogP contribution in [0.4, 0.5) is 0 Å². The van der Waals surface area contributed by atoms with Crippen molar-refractivity contribution in [3.63, 3.8) is 0 Å². The minimum Gasteiger partial charge on any atom is -0.507 e. The summed E-state index contributed by atoms with van der Waals surface area (Å²) >= 11 is 0. The Morgan fingerprint density at radius 2 is 1.59 bits per heavy atom. The fraction of sp³-hybridized carbons (Fsp3) is 0.188. The van der Waals surface area contributed by atoms with Gasteiger partial charge in [0.1, 0.15) is 17.1 Å². The van der Waals surface area contributed by atoms with Crippen molar-refractivity contribution in [2.45, 2.75) is 38.5 Å². The number of aromatic hydroxyl groups is 1. The predicted octanol–water partition coefficient (Wildman–Crippen LogP) is 7.77. The number of ether oxygens (including phenoxy) is 1. The molecule has 5 nitrogen and oxygen atoms in total. The van der Waals surface area contributed by atoms with Crippen LogP contribution in [0.2, 0.25) is 0 Å². The number of para-hydroxylation sites is 1. The second-order valence-corrected chi connectivity index (χ2v) is 10.9. The van der Waals surface area contributed by atoms with Gasteiger partial charge in [0, 0.05) is 34.0 Å². The molecule has 0 fully saturated rings. The molecule has 4 heterocycles. The van der Waals surface area contributed by atoms with Crippen molar-refractivity contribution in [1.82, 2.24) is 14.4 Å². The summed E-state index contributed by atoms with van der Waals surface area (Å²) in [4.78, 5) is 9.57. The maximum Gasteiger partial charge on any atom is 0.219 e. The van der Waals surface area contributed by atoms with Crippen molar-refractivity contribution < 1.29 is 9.84 Å². The summed E-state index contributed by atoms with van der Waals surface area (Å²) in [5.74, 6) is 1.48. The van der Waals surface area contributed by atoms with Gasteiger partial charge in [-0.2, -0.15) is 0 Å². The summed E-state index contributed by atoms with van der Waals surface area (Å²) < 4.78 is 8.36. The molecule has 3 aromatic carbocycles. The number of phenols is 1. The molecular formula is C32H27N3O2. The number of rotatable bonds is 3. The first-order valence-corrected chi connectivity index (χ1v) is 12.6. The highest BCUT2D eigenvalue weighted by atomic mass is 16.5. The molecule has 0 unspecified atom stereocenters. The van der Waals surface area contributed by atoms with E-state index >= 15 is 0 Å². The summed E-state index contributed by atoms with van der Waals surface area (Å²) in [6, 6.07) is 25.9. The molecule has 0 radical (unpaired) electrons. The second kappa shape index (κ2) is 7.32. The molecule has 0 bridgehead atoms. The van der Waals surface area contributed by atoms with Crippen LogP contribution in [0, 0.1) is 0 Å². The lowest BCUT2D eigenvalue weighted by atomic mass is 9.60. The molecule has 1 N–H and O–H groups in total. The summed E-state index contributed by atoms with van der Waals surface area (Å²) in [6.45, 7) is 9.23.